The number of rotatable bonds is 2. The van der Waals surface area contributed by atoms with Gasteiger partial charge in [-0.15, -0.1) is 0 Å². The number of esters is 1. The van der Waals surface area contributed by atoms with Gasteiger partial charge in [-0.05, 0) is 37.3 Å². The van der Waals surface area contributed by atoms with E-state index in [2.05, 4.69) is 9.72 Å². The highest BCUT2D eigenvalue weighted by Crippen LogP contribution is 2.20. The summed E-state index contributed by atoms with van der Waals surface area (Å²) in [5.74, 6) is -0.752. The maximum absolute atomic E-state index is 13.0. The summed E-state index contributed by atoms with van der Waals surface area (Å²) in [7, 11) is 1.32. The Morgan fingerprint density at radius 2 is 2.29 bits per heavy atom. The lowest BCUT2D eigenvalue weighted by Gasteiger charge is -2.11. The second kappa shape index (κ2) is 4.29. The molecule has 0 amide bonds. The van der Waals surface area contributed by atoms with Crippen LogP contribution < -0.4 is 0 Å². The minimum absolute atomic E-state index is 0.355. The SMILES string of the molecule is COC(=O)C(C)n1c(=S)[nH]c2cc(F)ccc21. The highest BCUT2D eigenvalue weighted by Gasteiger charge is 2.18. The van der Waals surface area contributed by atoms with Gasteiger partial charge in [0.2, 0.25) is 0 Å². The number of carbonyl (C=O) groups is 1. The molecule has 0 aliphatic rings. The summed E-state index contributed by atoms with van der Waals surface area (Å²) in [6.45, 7) is 1.68. The fraction of sp³-hybridized carbons (Fsp3) is 0.273. The second-order valence-corrected chi connectivity index (χ2v) is 4.05. The molecular formula is C11H11FN2O2S. The van der Waals surface area contributed by atoms with Crippen LogP contribution in [-0.4, -0.2) is 22.6 Å². The van der Waals surface area contributed by atoms with Crippen molar-refractivity contribution < 1.29 is 13.9 Å². The molecule has 1 aromatic carbocycles. The Hall–Kier alpha value is -1.69. The van der Waals surface area contributed by atoms with Crippen molar-refractivity contribution in [3.05, 3.63) is 28.8 Å². The zero-order valence-corrected chi connectivity index (χ0v) is 10.2. The fourth-order valence-corrected chi connectivity index (χ4v) is 2.13. The molecule has 0 fully saturated rings. The number of methoxy groups -OCH3 is 1. The fourth-order valence-electron chi connectivity index (χ4n) is 1.76. The molecule has 2 rings (SSSR count). The van der Waals surface area contributed by atoms with Crippen LogP contribution in [0.1, 0.15) is 13.0 Å². The van der Waals surface area contributed by atoms with Crippen LogP contribution in [0.3, 0.4) is 0 Å². The normalized spacial score (nSPS) is 12.6. The zero-order chi connectivity index (χ0) is 12.6. The van der Waals surface area contributed by atoms with Crippen molar-refractivity contribution in [2.75, 3.05) is 7.11 Å². The zero-order valence-electron chi connectivity index (χ0n) is 9.36. The third-order valence-corrected chi connectivity index (χ3v) is 2.91. The number of carbonyl (C=O) groups excluding carboxylic acids is 1. The number of benzene rings is 1. The Bertz CT molecular complexity index is 632. The monoisotopic (exact) mass is 254 g/mol. The summed E-state index contributed by atoms with van der Waals surface area (Å²) in [5.41, 5.74) is 1.24. The summed E-state index contributed by atoms with van der Waals surface area (Å²) in [6.07, 6.45) is 0. The third kappa shape index (κ3) is 1.95. The van der Waals surface area contributed by atoms with E-state index in [-0.39, 0.29) is 5.82 Å². The van der Waals surface area contributed by atoms with Gasteiger partial charge in [-0.2, -0.15) is 0 Å². The first-order valence-corrected chi connectivity index (χ1v) is 5.43. The lowest BCUT2D eigenvalue weighted by Crippen LogP contribution is -2.17. The van der Waals surface area contributed by atoms with Crippen LogP contribution in [0.25, 0.3) is 11.0 Å². The van der Waals surface area contributed by atoms with Gasteiger partial charge in [0.05, 0.1) is 18.1 Å². The van der Waals surface area contributed by atoms with Crippen LogP contribution in [0.4, 0.5) is 4.39 Å². The summed E-state index contributed by atoms with van der Waals surface area (Å²) in [6, 6.07) is 3.69. The third-order valence-electron chi connectivity index (χ3n) is 2.61. The number of nitrogens with one attached hydrogen (secondary N) is 1. The largest absolute Gasteiger partial charge is 0.467 e. The van der Waals surface area contributed by atoms with E-state index in [0.29, 0.717) is 15.8 Å². The van der Waals surface area contributed by atoms with Gasteiger partial charge in [-0.3, -0.25) is 0 Å². The van der Waals surface area contributed by atoms with Crippen LogP contribution >= 0.6 is 12.2 Å². The van der Waals surface area contributed by atoms with Crippen molar-refractivity contribution in [3.8, 4) is 0 Å². The van der Waals surface area contributed by atoms with E-state index < -0.39 is 12.0 Å². The van der Waals surface area contributed by atoms with E-state index in [9.17, 15) is 9.18 Å². The van der Waals surface area contributed by atoms with Gasteiger partial charge >= 0.3 is 5.97 Å². The molecule has 1 unspecified atom stereocenters. The van der Waals surface area contributed by atoms with Crippen molar-refractivity contribution in [3.63, 3.8) is 0 Å². The van der Waals surface area contributed by atoms with Gasteiger partial charge in [-0.1, -0.05) is 0 Å². The van der Waals surface area contributed by atoms with Gasteiger partial charge in [0.25, 0.3) is 0 Å². The van der Waals surface area contributed by atoms with Crippen molar-refractivity contribution in [2.45, 2.75) is 13.0 Å². The minimum atomic E-state index is -0.549. The van der Waals surface area contributed by atoms with Gasteiger partial charge in [0.15, 0.2) is 4.77 Å². The molecule has 0 saturated heterocycles. The quantitative estimate of drug-likeness (QED) is 0.662. The number of hydrogen-bond acceptors (Lipinski definition) is 3. The number of hydrogen-bond donors (Lipinski definition) is 1. The molecular weight excluding hydrogens is 243 g/mol. The predicted octanol–water partition coefficient (Wildman–Crippen LogP) is 2.57. The topological polar surface area (TPSA) is 47.0 Å². The number of ether oxygens (including phenoxy) is 1. The van der Waals surface area contributed by atoms with Crippen LogP contribution in [0.2, 0.25) is 0 Å². The number of aromatic amines is 1. The molecule has 0 saturated carbocycles. The Kier molecular flexibility index (Phi) is 2.97. The molecule has 1 N–H and O–H groups in total. The summed E-state index contributed by atoms with van der Waals surface area (Å²) in [4.78, 5) is 14.4. The molecule has 4 nitrogen and oxygen atoms in total. The molecule has 90 valence electrons. The van der Waals surface area contributed by atoms with E-state index in [1.165, 1.54) is 19.2 Å². The maximum Gasteiger partial charge on any atom is 0.328 e. The Morgan fingerprint density at radius 3 is 2.94 bits per heavy atom. The van der Waals surface area contributed by atoms with Crippen molar-refractivity contribution in [2.24, 2.45) is 0 Å². The van der Waals surface area contributed by atoms with Crippen LogP contribution in [0, 0.1) is 10.6 Å². The summed E-state index contributed by atoms with van der Waals surface area (Å²) < 4.78 is 19.7. The average molecular weight is 254 g/mol. The number of halogens is 1. The lowest BCUT2D eigenvalue weighted by atomic mass is 10.2. The van der Waals surface area contributed by atoms with Gasteiger partial charge in [0, 0.05) is 0 Å². The Labute approximate surface area is 102 Å². The van der Waals surface area contributed by atoms with Gasteiger partial charge < -0.3 is 14.3 Å². The van der Waals surface area contributed by atoms with Crippen molar-refractivity contribution in [1.82, 2.24) is 9.55 Å². The molecule has 0 spiro atoms. The molecule has 1 atom stereocenters. The molecule has 0 aliphatic heterocycles. The van der Waals surface area contributed by atoms with Gasteiger partial charge in [0.1, 0.15) is 11.9 Å². The predicted molar refractivity (Wildman–Crippen MR) is 63.8 cm³/mol. The Morgan fingerprint density at radius 1 is 1.59 bits per heavy atom. The van der Waals surface area contributed by atoms with E-state index in [4.69, 9.17) is 12.2 Å². The smallest absolute Gasteiger partial charge is 0.328 e. The Balaban J connectivity index is 2.65. The number of imidazole rings is 1. The average Bonchev–Trinajstić information content (AvgIpc) is 2.62. The molecule has 2 aromatic rings. The molecule has 6 heteroatoms. The van der Waals surface area contributed by atoms with Crippen LogP contribution in [0.5, 0.6) is 0 Å². The molecule has 1 heterocycles. The van der Waals surface area contributed by atoms with E-state index in [0.717, 1.165) is 0 Å². The highest BCUT2D eigenvalue weighted by atomic mass is 32.1. The first-order chi connectivity index (χ1) is 8.04. The van der Waals surface area contributed by atoms with E-state index >= 15 is 0 Å². The standard InChI is InChI=1S/C11H11FN2O2S/c1-6(10(15)16-2)14-9-4-3-7(12)5-8(9)13-11(14)17/h3-6H,1-2H3,(H,13,17). The van der Waals surface area contributed by atoms with Crippen molar-refractivity contribution >= 4 is 29.2 Å². The maximum atomic E-state index is 13.0. The molecule has 1 aromatic heterocycles. The molecule has 17 heavy (non-hydrogen) atoms. The molecule has 0 bridgehead atoms. The highest BCUT2D eigenvalue weighted by molar-refractivity contribution is 7.71. The van der Waals surface area contributed by atoms with Crippen LogP contribution in [-0.2, 0) is 9.53 Å². The van der Waals surface area contributed by atoms with Gasteiger partial charge in [-0.25, -0.2) is 9.18 Å². The first-order valence-electron chi connectivity index (χ1n) is 5.02. The minimum Gasteiger partial charge on any atom is -0.467 e. The lowest BCUT2D eigenvalue weighted by molar-refractivity contribution is -0.143. The second-order valence-electron chi connectivity index (χ2n) is 3.66. The summed E-state index contributed by atoms with van der Waals surface area (Å²) >= 11 is 5.12. The van der Waals surface area contributed by atoms with E-state index in [1.54, 1.807) is 17.6 Å². The van der Waals surface area contributed by atoms with E-state index in [1.807, 2.05) is 0 Å². The van der Waals surface area contributed by atoms with Crippen molar-refractivity contribution in [1.29, 1.82) is 0 Å². The first kappa shape index (κ1) is 11.8. The number of nitrogens with zero attached hydrogens (tertiary/aromatic N) is 1. The molecule has 0 aliphatic carbocycles. The number of fused-ring (bicyclic) bond motifs is 1. The van der Waals surface area contributed by atoms with Crippen LogP contribution in [0.15, 0.2) is 18.2 Å². The number of H-pyrrole nitrogens is 1. The molecule has 0 radical (unpaired) electrons. The number of aromatic nitrogens is 2. The summed E-state index contributed by atoms with van der Waals surface area (Å²) in [5, 5.41) is 0.